The molecular weight excluding hydrogens is 328 g/mol. The molecule has 126 valence electrons. The summed E-state index contributed by atoms with van der Waals surface area (Å²) in [5.74, 6) is 3.19. The van der Waals surface area contributed by atoms with Gasteiger partial charge in [0.2, 0.25) is 0 Å². The van der Waals surface area contributed by atoms with E-state index in [0.29, 0.717) is 17.2 Å². The average Bonchev–Trinajstić information content (AvgIpc) is 3.13. The summed E-state index contributed by atoms with van der Waals surface area (Å²) in [6.45, 7) is 1.83. The Morgan fingerprint density at radius 3 is 2.70 bits per heavy atom. The van der Waals surface area contributed by atoms with Crippen molar-refractivity contribution in [2.45, 2.75) is 29.9 Å². The number of benzene rings is 1. The minimum atomic E-state index is -0.0545. The molecule has 2 fully saturated rings. The van der Waals surface area contributed by atoms with E-state index in [9.17, 15) is 4.79 Å². The standard InChI is InChI=1S/C17H24N2O2S2/c20-16(19-11-14-3-1-8-18-14)12-21-15-6-4-13(5-7-15)17-22-9-2-10-23-17/h4-7,14,17-18H,1-3,8-12H2,(H,19,20). The smallest absolute Gasteiger partial charge is 0.257 e. The quantitative estimate of drug-likeness (QED) is 0.824. The second-order valence-electron chi connectivity index (χ2n) is 5.88. The molecule has 6 heteroatoms. The summed E-state index contributed by atoms with van der Waals surface area (Å²) in [6, 6.07) is 8.59. The number of carbonyl (C=O) groups excluding carboxylic acids is 1. The van der Waals surface area contributed by atoms with Crippen molar-refractivity contribution in [3.8, 4) is 5.75 Å². The van der Waals surface area contributed by atoms with Gasteiger partial charge in [-0.15, -0.1) is 23.5 Å². The van der Waals surface area contributed by atoms with Crippen LogP contribution in [0.1, 0.15) is 29.4 Å². The van der Waals surface area contributed by atoms with Crippen LogP contribution in [0.25, 0.3) is 0 Å². The molecule has 1 aromatic carbocycles. The summed E-state index contributed by atoms with van der Waals surface area (Å²) in [7, 11) is 0. The van der Waals surface area contributed by atoms with Gasteiger partial charge in [0.15, 0.2) is 6.61 Å². The van der Waals surface area contributed by atoms with Crippen LogP contribution in [0.4, 0.5) is 0 Å². The van der Waals surface area contributed by atoms with E-state index < -0.39 is 0 Å². The van der Waals surface area contributed by atoms with Crippen LogP contribution < -0.4 is 15.4 Å². The summed E-state index contributed by atoms with van der Waals surface area (Å²) in [5, 5.41) is 6.29. The van der Waals surface area contributed by atoms with Gasteiger partial charge in [-0.3, -0.25) is 4.79 Å². The maximum Gasteiger partial charge on any atom is 0.257 e. The van der Waals surface area contributed by atoms with Crippen LogP contribution in [0.5, 0.6) is 5.75 Å². The Bertz CT molecular complexity index is 498. The molecule has 2 saturated heterocycles. The van der Waals surface area contributed by atoms with Crippen LogP contribution in [0.15, 0.2) is 24.3 Å². The molecule has 23 heavy (non-hydrogen) atoms. The van der Waals surface area contributed by atoms with Gasteiger partial charge in [-0.2, -0.15) is 0 Å². The zero-order valence-electron chi connectivity index (χ0n) is 13.3. The Morgan fingerprint density at radius 2 is 2.00 bits per heavy atom. The molecule has 0 spiro atoms. The van der Waals surface area contributed by atoms with E-state index in [2.05, 4.69) is 22.8 Å². The number of hydrogen-bond donors (Lipinski definition) is 2. The predicted octanol–water partition coefficient (Wildman–Crippen LogP) is 2.80. The summed E-state index contributed by atoms with van der Waals surface area (Å²) in [6.07, 6.45) is 3.64. The highest BCUT2D eigenvalue weighted by molar-refractivity contribution is 8.16. The molecule has 1 atom stereocenters. The third-order valence-corrected chi connectivity index (χ3v) is 7.07. The maximum atomic E-state index is 11.8. The van der Waals surface area contributed by atoms with Gasteiger partial charge in [0, 0.05) is 12.6 Å². The van der Waals surface area contributed by atoms with Crippen LogP contribution in [0.3, 0.4) is 0 Å². The molecule has 1 amide bonds. The zero-order chi connectivity index (χ0) is 15.9. The third-order valence-electron chi connectivity index (χ3n) is 4.06. The largest absolute Gasteiger partial charge is 0.484 e. The van der Waals surface area contributed by atoms with Gasteiger partial charge in [0.05, 0.1) is 4.58 Å². The minimum absolute atomic E-state index is 0.0545. The molecule has 0 bridgehead atoms. The molecule has 0 aromatic heterocycles. The lowest BCUT2D eigenvalue weighted by Crippen LogP contribution is -2.39. The van der Waals surface area contributed by atoms with Crippen molar-refractivity contribution in [1.29, 1.82) is 0 Å². The summed E-state index contributed by atoms with van der Waals surface area (Å²) in [5.41, 5.74) is 1.34. The van der Waals surface area contributed by atoms with E-state index in [0.717, 1.165) is 18.7 Å². The number of thioether (sulfide) groups is 2. The normalized spacial score (nSPS) is 22.0. The molecule has 2 aliphatic rings. The number of carbonyl (C=O) groups is 1. The number of ether oxygens (including phenoxy) is 1. The lowest BCUT2D eigenvalue weighted by Gasteiger charge is -2.21. The van der Waals surface area contributed by atoms with Gasteiger partial charge in [-0.1, -0.05) is 12.1 Å². The van der Waals surface area contributed by atoms with E-state index in [-0.39, 0.29) is 12.5 Å². The first kappa shape index (κ1) is 17.0. The second kappa shape index (κ2) is 8.85. The van der Waals surface area contributed by atoms with Crippen LogP contribution in [0, 0.1) is 0 Å². The van der Waals surface area contributed by atoms with Crippen molar-refractivity contribution in [3.63, 3.8) is 0 Å². The predicted molar refractivity (Wildman–Crippen MR) is 98.2 cm³/mol. The Morgan fingerprint density at radius 1 is 1.22 bits per heavy atom. The molecule has 0 saturated carbocycles. The van der Waals surface area contributed by atoms with Crippen molar-refractivity contribution < 1.29 is 9.53 Å². The topological polar surface area (TPSA) is 50.4 Å². The first-order valence-electron chi connectivity index (χ1n) is 8.27. The number of amides is 1. The molecule has 0 aliphatic carbocycles. The Balaban J connectivity index is 1.40. The second-order valence-corrected chi connectivity index (χ2v) is 8.61. The fourth-order valence-corrected chi connectivity index (χ4v) is 5.66. The van der Waals surface area contributed by atoms with Gasteiger partial charge in [0.25, 0.3) is 5.91 Å². The molecule has 1 aromatic rings. The highest BCUT2D eigenvalue weighted by Crippen LogP contribution is 2.43. The lowest BCUT2D eigenvalue weighted by atomic mass is 10.2. The van der Waals surface area contributed by atoms with E-state index in [4.69, 9.17) is 4.74 Å². The highest BCUT2D eigenvalue weighted by atomic mass is 32.2. The van der Waals surface area contributed by atoms with Crippen LogP contribution >= 0.6 is 23.5 Å². The number of nitrogens with one attached hydrogen (secondary N) is 2. The summed E-state index contributed by atoms with van der Waals surface area (Å²) in [4.78, 5) is 11.8. The maximum absolute atomic E-state index is 11.8. The van der Waals surface area contributed by atoms with Gasteiger partial charge < -0.3 is 15.4 Å². The fraction of sp³-hybridized carbons (Fsp3) is 0.588. The van der Waals surface area contributed by atoms with Crippen LogP contribution in [-0.2, 0) is 4.79 Å². The van der Waals surface area contributed by atoms with Gasteiger partial charge in [-0.05, 0) is 55.0 Å². The van der Waals surface area contributed by atoms with Crippen molar-refractivity contribution in [2.75, 3.05) is 31.2 Å². The van der Waals surface area contributed by atoms with Gasteiger partial charge in [0.1, 0.15) is 5.75 Å². The number of hydrogen-bond acceptors (Lipinski definition) is 5. The first-order valence-corrected chi connectivity index (χ1v) is 10.4. The highest BCUT2D eigenvalue weighted by Gasteiger charge is 2.17. The lowest BCUT2D eigenvalue weighted by molar-refractivity contribution is -0.123. The molecule has 4 nitrogen and oxygen atoms in total. The first-order chi connectivity index (χ1) is 11.3. The SMILES string of the molecule is O=C(COc1ccc(C2SCCCS2)cc1)NCC1CCCN1. The Hall–Kier alpha value is -0.850. The minimum Gasteiger partial charge on any atom is -0.484 e. The van der Waals surface area contributed by atoms with Crippen LogP contribution in [0.2, 0.25) is 0 Å². The van der Waals surface area contributed by atoms with E-state index >= 15 is 0 Å². The summed E-state index contributed by atoms with van der Waals surface area (Å²) < 4.78 is 6.12. The van der Waals surface area contributed by atoms with Gasteiger partial charge >= 0.3 is 0 Å². The average molecular weight is 353 g/mol. The number of rotatable bonds is 6. The van der Waals surface area contributed by atoms with Crippen molar-refractivity contribution in [1.82, 2.24) is 10.6 Å². The van der Waals surface area contributed by atoms with E-state index in [1.54, 1.807) is 0 Å². The third kappa shape index (κ3) is 5.33. The van der Waals surface area contributed by atoms with E-state index in [1.807, 2.05) is 35.7 Å². The Labute approximate surface area is 146 Å². The summed E-state index contributed by atoms with van der Waals surface area (Å²) >= 11 is 4.02. The molecule has 1 unspecified atom stereocenters. The molecule has 3 rings (SSSR count). The molecule has 2 heterocycles. The molecular formula is C17H24N2O2S2. The van der Waals surface area contributed by atoms with Crippen LogP contribution in [-0.4, -0.2) is 43.2 Å². The molecule has 2 N–H and O–H groups in total. The van der Waals surface area contributed by atoms with Crippen molar-refractivity contribution in [2.24, 2.45) is 0 Å². The molecule has 0 radical (unpaired) electrons. The molecule has 2 aliphatic heterocycles. The zero-order valence-corrected chi connectivity index (χ0v) is 14.9. The monoisotopic (exact) mass is 352 g/mol. The van der Waals surface area contributed by atoms with Crippen molar-refractivity contribution in [3.05, 3.63) is 29.8 Å². The van der Waals surface area contributed by atoms with Gasteiger partial charge in [-0.25, -0.2) is 0 Å². The van der Waals surface area contributed by atoms with Crippen molar-refractivity contribution >= 4 is 29.4 Å². The Kier molecular flexibility index (Phi) is 6.54. The fourth-order valence-electron chi connectivity index (χ4n) is 2.77. The van der Waals surface area contributed by atoms with E-state index in [1.165, 1.54) is 29.9 Å².